The number of nitrogens with zero attached hydrogens (tertiary/aromatic N) is 3. The fourth-order valence-electron chi connectivity index (χ4n) is 2.35. The summed E-state index contributed by atoms with van der Waals surface area (Å²) in [6.07, 6.45) is 0. The molecular weight excluding hydrogens is 318 g/mol. The Kier molecular flexibility index (Phi) is 4.95. The van der Waals surface area contributed by atoms with Gasteiger partial charge >= 0.3 is 0 Å². The zero-order chi connectivity index (χ0) is 17.6. The smallest absolute Gasteiger partial charge is 0.264 e. The Morgan fingerprint density at radius 3 is 2.72 bits per heavy atom. The molecule has 0 saturated heterocycles. The Bertz CT molecular complexity index is 912. The Balaban J connectivity index is 1.75. The largest absolute Gasteiger partial charge is 0.490 e. The second-order valence-electron chi connectivity index (χ2n) is 5.32. The number of rotatable bonds is 6. The highest BCUT2D eigenvalue weighted by Gasteiger charge is 2.13. The molecule has 126 valence electrons. The van der Waals surface area contributed by atoms with Crippen molar-refractivity contribution >= 4 is 0 Å². The maximum absolute atomic E-state index is 8.98. The van der Waals surface area contributed by atoms with Crippen molar-refractivity contribution in [2.75, 3.05) is 6.61 Å². The molecule has 0 atom stereocenters. The third-order valence-electron chi connectivity index (χ3n) is 3.58. The molecule has 0 unspecified atom stereocenters. The van der Waals surface area contributed by atoms with Gasteiger partial charge in [-0.25, -0.2) is 0 Å². The molecule has 6 nitrogen and oxygen atoms in total. The Morgan fingerprint density at radius 1 is 1.12 bits per heavy atom. The highest BCUT2D eigenvalue weighted by molar-refractivity contribution is 5.58. The second kappa shape index (κ2) is 7.49. The molecule has 0 N–H and O–H groups in total. The van der Waals surface area contributed by atoms with Crippen molar-refractivity contribution in [3.05, 3.63) is 59.5 Å². The average Bonchev–Trinajstić information content (AvgIpc) is 3.10. The fourth-order valence-corrected chi connectivity index (χ4v) is 2.35. The van der Waals surface area contributed by atoms with E-state index in [4.69, 9.17) is 19.3 Å². The summed E-state index contributed by atoms with van der Waals surface area (Å²) in [5, 5.41) is 13.0. The van der Waals surface area contributed by atoms with E-state index in [0.29, 0.717) is 35.4 Å². The van der Waals surface area contributed by atoms with Crippen LogP contribution in [0.1, 0.15) is 23.9 Å². The van der Waals surface area contributed by atoms with E-state index in [-0.39, 0.29) is 6.61 Å². The van der Waals surface area contributed by atoms with Crippen molar-refractivity contribution in [3.8, 4) is 29.0 Å². The number of nitriles is 1. The van der Waals surface area contributed by atoms with E-state index < -0.39 is 0 Å². The maximum Gasteiger partial charge on any atom is 0.264 e. The lowest BCUT2D eigenvalue weighted by molar-refractivity contribution is 0.228. The quantitative estimate of drug-likeness (QED) is 0.679. The molecule has 0 fully saturated rings. The lowest BCUT2D eigenvalue weighted by Gasteiger charge is -2.10. The van der Waals surface area contributed by atoms with Gasteiger partial charge in [0.2, 0.25) is 5.82 Å². The Morgan fingerprint density at radius 2 is 1.96 bits per heavy atom. The van der Waals surface area contributed by atoms with E-state index in [1.807, 2.05) is 38.1 Å². The van der Waals surface area contributed by atoms with E-state index in [9.17, 15) is 0 Å². The van der Waals surface area contributed by atoms with Crippen molar-refractivity contribution < 1.29 is 14.0 Å². The zero-order valence-electron chi connectivity index (χ0n) is 14.0. The van der Waals surface area contributed by atoms with Crippen LogP contribution < -0.4 is 9.47 Å². The minimum absolute atomic E-state index is 0.116. The van der Waals surface area contributed by atoms with Gasteiger partial charge in [0, 0.05) is 11.6 Å². The molecule has 0 spiro atoms. The van der Waals surface area contributed by atoms with Crippen LogP contribution in [-0.2, 0) is 6.61 Å². The van der Waals surface area contributed by atoms with Crippen LogP contribution in [0.25, 0.3) is 11.4 Å². The monoisotopic (exact) mass is 335 g/mol. The van der Waals surface area contributed by atoms with Crippen LogP contribution in [0, 0.1) is 18.3 Å². The SMILES string of the molecule is CCOc1cc(C#N)ccc1OCc1nc(-c2ccccc2C)no1. The van der Waals surface area contributed by atoms with Gasteiger partial charge in [0.05, 0.1) is 18.2 Å². The van der Waals surface area contributed by atoms with E-state index in [1.54, 1.807) is 18.2 Å². The zero-order valence-corrected chi connectivity index (χ0v) is 14.0. The number of benzene rings is 2. The van der Waals surface area contributed by atoms with Gasteiger partial charge < -0.3 is 14.0 Å². The van der Waals surface area contributed by atoms with Gasteiger partial charge in [0.15, 0.2) is 18.1 Å². The van der Waals surface area contributed by atoms with Crippen molar-refractivity contribution in [1.82, 2.24) is 10.1 Å². The van der Waals surface area contributed by atoms with Gasteiger partial charge in [-0.15, -0.1) is 0 Å². The molecule has 0 radical (unpaired) electrons. The van der Waals surface area contributed by atoms with Crippen LogP contribution >= 0.6 is 0 Å². The Labute approximate surface area is 145 Å². The first kappa shape index (κ1) is 16.5. The van der Waals surface area contributed by atoms with E-state index in [0.717, 1.165) is 11.1 Å². The topological polar surface area (TPSA) is 81.2 Å². The van der Waals surface area contributed by atoms with Gasteiger partial charge in [0.1, 0.15) is 0 Å². The van der Waals surface area contributed by atoms with Crippen LogP contribution in [0.15, 0.2) is 47.0 Å². The minimum Gasteiger partial charge on any atom is -0.490 e. The van der Waals surface area contributed by atoms with Crippen molar-refractivity contribution in [1.29, 1.82) is 5.26 Å². The van der Waals surface area contributed by atoms with Crippen LogP contribution in [0.3, 0.4) is 0 Å². The van der Waals surface area contributed by atoms with Gasteiger partial charge in [-0.05, 0) is 31.5 Å². The summed E-state index contributed by atoms with van der Waals surface area (Å²) in [5.41, 5.74) is 2.50. The number of aryl methyl sites for hydroxylation is 1. The fraction of sp³-hybridized carbons (Fsp3) is 0.211. The maximum atomic E-state index is 8.98. The van der Waals surface area contributed by atoms with Crippen molar-refractivity contribution in [2.45, 2.75) is 20.5 Å². The highest BCUT2D eigenvalue weighted by Crippen LogP contribution is 2.29. The molecule has 0 saturated carbocycles. The number of aromatic nitrogens is 2. The predicted octanol–water partition coefficient (Wildman–Crippen LogP) is 3.89. The molecule has 0 bridgehead atoms. The number of hydrogen-bond donors (Lipinski definition) is 0. The molecule has 0 aliphatic rings. The third kappa shape index (κ3) is 3.78. The highest BCUT2D eigenvalue weighted by atomic mass is 16.5. The molecule has 3 rings (SSSR count). The molecule has 25 heavy (non-hydrogen) atoms. The van der Waals surface area contributed by atoms with Gasteiger partial charge in [-0.2, -0.15) is 10.2 Å². The molecule has 3 aromatic rings. The average molecular weight is 335 g/mol. The normalized spacial score (nSPS) is 10.3. The molecule has 0 aliphatic carbocycles. The summed E-state index contributed by atoms with van der Waals surface area (Å²) in [6.45, 7) is 4.45. The molecule has 6 heteroatoms. The lowest BCUT2D eigenvalue weighted by atomic mass is 10.1. The summed E-state index contributed by atoms with van der Waals surface area (Å²) in [6, 6.07) is 14.9. The van der Waals surface area contributed by atoms with E-state index >= 15 is 0 Å². The number of hydrogen-bond acceptors (Lipinski definition) is 6. The van der Waals surface area contributed by atoms with E-state index in [2.05, 4.69) is 16.2 Å². The first-order valence-corrected chi connectivity index (χ1v) is 7.89. The minimum atomic E-state index is 0.116. The lowest BCUT2D eigenvalue weighted by Crippen LogP contribution is -2.00. The van der Waals surface area contributed by atoms with Gasteiger partial charge in [-0.1, -0.05) is 29.4 Å². The first-order valence-electron chi connectivity index (χ1n) is 7.89. The van der Waals surface area contributed by atoms with Gasteiger partial charge in [0.25, 0.3) is 5.89 Å². The summed E-state index contributed by atoms with van der Waals surface area (Å²) in [5.74, 6) is 1.93. The van der Waals surface area contributed by atoms with Crippen LogP contribution in [0.4, 0.5) is 0 Å². The first-order chi connectivity index (χ1) is 12.2. The molecule has 0 amide bonds. The molecule has 0 aliphatic heterocycles. The van der Waals surface area contributed by atoms with Crippen LogP contribution in [-0.4, -0.2) is 16.7 Å². The van der Waals surface area contributed by atoms with Gasteiger partial charge in [-0.3, -0.25) is 0 Å². The Hall–Kier alpha value is -3.33. The van der Waals surface area contributed by atoms with E-state index in [1.165, 1.54) is 0 Å². The predicted molar refractivity (Wildman–Crippen MR) is 91.1 cm³/mol. The van der Waals surface area contributed by atoms with Crippen molar-refractivity contribution in [2.24, 2.45) is 0 Å². The van der Waals surface area contributed by atoms with Crippen molar-refractivity contribution in [3.63, 3.8) is 0 Å². The second-order valence-corrected chi connectivity index (χ2v) is 5.32. The molecule has 2 aromatic carbocycles. The summed E-state index contributed by atoms with van der Waals surface area (Å²) in [4.78, 5) is 4.37. The molecule has 1 heterocycles. The summed E-state index contributed by atoms with van der Waals surface area (Å²) in [7, 11) is 0. The third-order valence-corrected chi connectivity index (χ3v) is 3.58. The summed E-state index contributed by atoms with van der Waals surface area (Å²) < 4.78 is 16.5. The van der Waals surface area contributed by atoms with Crippen LogP contribution in [0.5, 0.6) is 11.5 Å². The molecule has 1 aromatic heterocycles. The molecular formula is C19H17N3O3. The standard InChI is InChI=1S/C19H17N3O3/c1-3-23-17-10-14(11-20)8-9-16(17)24-12-18-21-19(22-25-18)15-7-5-4-6-13(15)2/h4-10H,3,12H2,1-2H3. The summed E-state index contributed by atoms with van der Waals surface area (Å²) >= 11 is 0. The van der Waals surface area contributed by atoms with Crippen LogP contribution in [0.2, 0.25) is 0 Å². The number of ether oxygens (including phenoxy) is 2.